The lowest BCUT2D eigenvalue weighted by atomic mass is 10.1. The number of carbonyl (C=O) groups excluding carboxylic acids is 2. The highest BCUT2D eigenvalue weighted by Crippen LogP contribution is 2.42. The maximum Gasteiger partial charge on any atom is 0.339 e. The zero-order chi connectivity index (χ0) is 15.9. The van der Waals surface area contributed by atoms with Crippen LogP contribution in [-0.2, 0) is 20.8 Å². The van der Waals surface area contributed by atoms with Gasteiger partial charge in [0, 0.05) is 18.7 Å². The standard InChI is InChI=1S/C16H19NO5/c1-10(18)22-16(5-6-16)9-17-8-12(15(20)21-2)7-13(14(17)19)11-3-4-11/h7-8,11H,3-6,9H2,1-2H3. The molecule has 2 aliphatic carbocycles. The summed E-state index contributed by atoms with van der Waals surface area (Å²) < 4.78 is 11.6. The first-order chi connectivity index (χ1) is 10.4. The van der Waals surface area contributed by atoms with Gasteiger partial charge in [0.1, 0.15) is 5.60 Å². The fourth-order valence-corrected chi connectivity index (χ4v) is 2.74. The number of carbonyl (C=O) groups is 2. The van der Waals surface area contributed by atoms with Crippen LogP contribution in [0.25, 0.3) is 0 Å². The molecule has 0 aromatic carbocycles. The topological polar surface area (TPSA) is 74.6 Å². The van der Waals surface area contributed by atoms with Gasteiger partial charge in [-0.15, -0.1) is 0 Å². The Bertz CT molecular complexity index is 682. The van der Waals surface area contributed by atoms with Crippen molar-refractivity contribution in [3.63, 3.8) is 0 Å². The molecule has 6 nitrogen and oxygen atoms in total. The molecular formula is C16H19NO5. The van der Waals surface area contributed by atoms with Gasteiger partial charge in [0.15, 0.2) is 0 Å². The fraction of sp³-hybridized carbons (Fsp3) is 0.562. The molecule has 0 aliphatic heterocycles. The van der Waals surface area contributed by atoms with E-state index in [9.17, 15) is 14.4 Å². The summed E-state index contributed by atoms with van der Waals surface area (Å²) >= 11 is 0. The van der Waals surface area contributed by atoms with E-state index in [0.717, 1.165) is 25.7 Å². The summed E-state index contributed by atoms with van der Waals surface area (Å²) in [6.07, 6.45) is 4.91. The largest absolute Gasteiger partial charge is 0.465 e. The third-order valence-corrected chi connectivity index (χ3v) is 4.18. The van der Waals surface area contributed by atoms with Crippen LogP contribution in [0.15, 0.2) is 17.1 Å². The zero-order valence-corrected chi connectivity index (χ0v) is 12.8. The van der Waals surface area contributed by atoms with Crippen LogP contribution in [0.5, 0.6) is 0 Å². The zero-order valence-electron chi connectivity index (χ0n) is 12.8. The predicted molar refractivity (Wildman–Crippen MR) is 77.7 cm³/mol. The third-order valence-electron chi connectivity index (χ3n) is 4.18. The van der Waals surface area contributed by atoms with Crippen molar-refractivity contribution in [2.75, 3.05) is 7.11 Å². The molecule has 3 rings (SSSR count). The summed E-state index contributed by atoms with van der Waals surface area (Å²) in [5.74, 6) is -0.586. The normalized spacial score (nSPS) is 18.6. The Morgan fingerprint density at radius 1 is 1.36 bits per heavy atom. The Hall–Kier alpha value is -2.11. The second-order valence-electron chi connectivity index (χ2n) is 6.16. The molecule has 0 unspecified atom stereocenters. The molecule has 1 aromatic rings. The van der Waals surface area contributed by atoms with E-state index in [4.69, 9.17) is 9.47 Å². The first-order valence-corrected chi connectivity index (χ1v) is 7.46. The van der Waals surface area contributed by atoms with Crippen molar-refractivity contribution in [2.45, 2.75) is 50.7 Å². The molecule has 0 saturated heterocycles. The maximum atomic E-state index is 12.6. The van der Waals surface area contributed by atoms with Crippen LogP contribution in [0.1, 0.15) is 54.4 Å². The van der Waals surface area contributed by atoms with Crippen molar-refractivity contribution < 1.29 is 19.1 Å². The molecule has 1 aromatic heterocycles. The molecule has 0 bridgehead atoms. The van der Waals surface area contributed by atoms with E-state index in [1.165, 1.54) is 24.8 Å². The summed E-state index contributed by atoms with van der Waals surface area (Å²) in [6.45, 7) is 1.65. The van der Waals surface area contributed by atoms with Gasteiger partial charge < -0.3 is 14.0 Å². The van der Waals surface area contributed by atoms with E-state index < -0.39 is 11.6 Å². The molecule has 22 heavy (non-hydrogen) atoms. The van der Waals surface area contributed by atoms with Crippen LogP contribution < -0.4 is 5.56 Å². The molecule has 2 fully saturated rings. The number of nitrogens with zero attached hydrogens (tertiary/aromatic N) is 1. The summed E-state index contributed by atoms with van der Waals surface area (Å²) in [6, 6.07) is 1.63. The van der Waals surface area contributed by atoms with Gasteiger partial charge >= 0.3 is 11.9 Å². The first-order valence-electron chi connectivity index (χ1n) is 7.46. The highest BCUT2D eigenvalue weighted by molar-refractivity contribution is 5.89. The molecule has 2 aliphatic rings. The molecule has 118 valence electrons. The van der Waals surface area contributed by atoms with Crippen molar-refractivity contribution >= 4 is 11.9 Å². The molecule has 0 amide bonds. The van der Waals surface area contributed by atoms with Crippen molar-refractivity contribution in [1.82, 2.24) is 4.57 Å². The lowest BCUT2D eigenvalue weighted by Crippen LogP contribution is -2.32. The minimum atomic E-state index is -0.592. The average Bonchev–Trinajstić information content (AvgIpc) is 3.36. The average molecular weight is 305 g/mol. The second-order valence-corrected chi connectivity index (χ2v) is 6.16. The Labute approximate surface area is 128 Å². The van der Waals surface area contributed by atoms with E-state index in [2.05, 4.69) is 0 Å². The van der Waals surface area contributed by atoms with Crippen LogP contribution in [0.4, 0.5) is 0 Å². The minimum absolute atomic E-state index is 0.103. The summed E-state index contributed by atoms with van der Waals surface area (Å²) in [5.41, 5.74) is 0.323. The number of hydrogen-bond acceptors (Lipinski definition) is 5. The van der Waals surface area contributed by atoms with E-state index in [-0.39, 0.29) is 24.0 Å². The number of pyridine rings is 1. The fourth-order valence-electron chi connectivity index (χ4n) is 2.74. The molecule has 6 heteroatoms. The SMILES string of the molecule is COC(=O)c1cc(C2CC2)c(=O)n(CC2(OC(C)=O)CC2)c1. The van der Waals surface area contributed by atoms with Crippen molar-refractivity contribution in [3.8, 4) is 0 Å². The van der Waals surface area contributed by atoms with Gasteiger partial charge in [-0.25, -0.2) is 4.79 Å². The van der Waals surface area contributed by atoms with E-state index in [1.807, 2.05) is 0 Å². The summed E-state index contributed by atoms with van der Waals surface area (Å²) in [4.78, 5) is 35.6. The van der Waals surface area contributed by atoms with Crippen LogP contribution >= 0.6 is 0 Å². The van der Waals surface area contributed by atoms with Crippen molar-refractivity contribution in [1.29, 1.82) is 0 Å². The van der Waals surface area contributed by atoms with Crippen LogP contribution in [0.3, 0.4) is 0 Å². The number of ether oxygens (including phenoxy) is 2. The van der Waals surface area contributed by atoms with Gasteiger partial charge in [-0.3, -0.25) is 9.59 Å². The molecule has 0 atom stereocenters. The van der Waals surface area contributed by atoms with Gasteiger partial charge in [-0.05, 0) is 37.7 Å². The lowest BCUT2D eigenvalue weighted by molar-refractivity contribution is -0.149. The Balaban J connectivity index is 1.95. The predicted octanol–water partition coefficient (Wildman–Crippen LogP) is 1.61. The maximum absolute atomic E-state index is 12.6. The molecule has 2 saturated carbocycles. The third kappa shape index (κ3) is 2.91. The minimum Gasteiger partial charge on any atom is -0.465 e. The quantitative estimate of drug-likeness (QED) is 0.773. The molecular weight excluding hydrogens is 286 g/mol. The van der Waals surface area contributed by atoms with Gasteiger partial charge in [-0.2, -0.15) is 0 Å². The number of rotatable bonds is 5. The summed E-state index contributed by atoms with van der Waals surface area (Å²) in [7, 11) is 1.32. The smallest absolute Gasteiger partial charge is 0.339 e. The molecule has 1 heterocycles. The first kappa shape index (κ1) is 14.8. The number of aromatic nitrogens is 1. The number of esters is 2. The van der Waals surface area contributed by atoms with Crippen LogP contribution in [-0.4, -0.2) is 29.2 Å². The van der Waals surface area contributed by atoms with Gasteiger partial charge in [0.25, 0.3) is 5.56 Å². The Kier molecular flexibility index (Phi) is 3.54. The Morgan fingerprint density at radius 3 is 2.55 bits per heavy atom. The Morgan fingerprint density at radius 2 is 2.05 bits per heavy atom. The summed E-state index contributed by atoms with van der Waals surface area (Å²) in [5, 5.41) is 0. The van der Waals surface area contributed by atoms with Gasteiger partial charge in [0.05, 0.1) is 19.2 Å². The number of hydrogen-bond donors (Lipinski definition) is 0. The van der Waals surface area contributed by atoms with E-state index in [1.54, 1.807) is 6.07 Å². The van der Waals surface area contributed by atoms with Gasteiger partial charge in [-0.1, -0.05) is 0 Å². The second kappa shape index (κ2) is 5.26. The highest BCUT2D eigenvalue weighted by Gasteiger charge is 2.47. The highest BCUT2D eigenvalue weighted by atomic mass is 16.6. The van der Waals surface area contributed by atoms with Crippen LogP contribution in [0, 0.1) is 0 Å². The van der Waals surface area contributed by atoms with Gasteiger partial charge in [0.2, 0.25) is 0 Å². The number of methoxy groups -OCH3 is 1. The lowest BCUT2D eigenvalue weighted by Gasteiger charge is -2.18. The van der Waals surface area contributed by atoms with E-state index in [0.29, 0.717) is 11.1 Å². The van der Waals surface area contributed by atoms with E-state index >= 15 is 0 Å². The molecule has 0 radical (unpaired) electrons. The molecule has 0 N–H and O–H groups in total. The van der Waals surface area contributed by atoms with Crippen LogP contribution in [0.2, 0.25) is 0 Å². The van der Waals surface area contributed by atoms with Crippen molar-refractivity contribution in [3.05, 3.63) is 33.7 Å². The molecule has 0 spiro atoms. The monoisotopic (exact) mass is 305 g/mol. The van der Waals surface area contributed by atoms with Crippen molar-refractivity contribution in [2.24, 2.45) is 0 Å².